The van der Waals surface area contributed by atoms with Gasteiger partial charge in [-0.3, -0.25) is 4.57 Å². The summed E-state index contributed by atoms with van der Waals surface area (Å²) in [5, 5.41) is -0.118. The van der Waals surface area contributed by atoms with Crippen molar-refractivity contribution in [2.45, 2.75) is 20.2 Å². The average Bonchev–Trinajstić information content (AvgIpc) is 3.98. The number of pyridine rings is 1. The Hall–Kier alpha value is -6.55. The van der Waals surface area contributed by atoms with E-state index in [1.165, 1.54) is 51.7 Å². The van der Waals surface area contributed by atoms with Crippen molar-refractivity contribution in [2.24, 2.45) is 5.92 Å². The molecule has 0 saturated carbocycles. The van der Waals surface area contributed by atoms with Gasteiger partial charge in [0.15, 0.2) is 0 Å². The van der Waals surface area contributed by atoms with E-state index in [1.807, 2.05) is 0 Å². The van der Waals surface area contributed by atoms with Crippen LogP contribution in [-0.4, -0.2) is 14.1 Å². The van der Waals surface area contributed by atoms with Crippen molar-refractivity contribution in [2.75, 3.05) is 0 Å². The molecular formula is C52H38N4OPt-2. The molecule has 0 spiro atoms. The van der Waals surface area contributed by atoms with E-state index >= 15 is 0 Å². The minimum absolute atomic E-state index is 0. The summed E-state index contributed by atoms with van der Waals surface area (Å²) < 4.78 is 169. The van der Waals surface area contributed by atoms with Crippen LogP contribution in [0.5, 0.6) is 11.5 Å². The molecule has 3 aromatic heterocycles. The van der Waals surface area contributed by atoms with Gasteiger partial charge in [-0.15, -0.1) is 29.6 Å². The second-order valence-electron chi connectivity index (χ2n) is 13.2. The first-order chi connectivity index (χ1) is 35.5. The molecule has 7 aromatic carbocycles. The third-order valence-corrected chi connectivity index (χ3v) is 9.13. The van der Waals surface area contributed by atoms with Gasteiger partial charge in [-0.1, -0.05) is 140 Å². The molecular weight excluding hydrogens is 892 g/mol. The van der Waals surface area contributed by atoms with Crippen LogP contribution < -0.4 is 9.30 Å². The first-order valence-electron chi connectivity index (χ1n) is 26.9. The molecule has 284 valence electrons. The Labute approximate surface area is 378 Å². The van der Waals surface area contributed by atoms with Crippen LogP contribution in [0.2, 0.25) is 0 Å². The number of para-hydroxylation sites is 4. The van der Waals surface area contributed by atoms with E-state index in [0.717, 1.165) is 0 Å². The van der Waals surface area contributed by atoms with Crippen molar-refractivity contribution in [3.8, 4) is 50.9 Å². The maximum absolute atomic E-state index is 9.31. The quantitative estimate of drug-likeness (QED) is 0.107. The zero-order valence-electron chi connectivity index (χ0n) is 48.6. The van der Waals surface area contributed by atoms with Gasteiger partial charge >= 0.3 is 0 Å². The van der Waals surface area contributed by atoms with Crippen LogP contribution in [0.25, 0.3) is 72.3 Å². The Morgan fingerprint density at radius 1 is 0.707 bits per heavy atom. The number of fused-ring (bicyclic) bond motifs is 4. The standard InChI is InChI=1S/C52H38N4O.Pt/c1-36(2)31-37-29-30-53-51(32-37)56-47-24-10-9-21-45(47)46-28-27-42(34-50(46)56)57-41-20-13-19-40(33-41)54-35-55(49-26-12-11-25-48(49)54)52-43(38-15-5-3-6-16-38)22-14-23-44(52)39-17-7-4-8-18-39;/h3-30,32,36H,31H2,1-2H3;/q-2;/i3D,4D,5D,6D,7D,8D,9D,10D,15D,16D,17D,18D,21D,24D,27D,28D,31D2;. The summed E-state index contributed by atoms with van der Waals surface area (Å²) in [5.74, 6) is -0.728. The molecule has 0 unspecified atom stereocenters. The van der Waals surface area contributed by atoms with Crippen LogP contribution in [0.1, 0.15) is 44.1 Å². The zero-order chi connectivity index (χ0) is 54.0. The maximum atomic E-state index is 9.31. The molecule has 58 heavy (non-hydrogen) atoms. The average molecular weight is 948 g/mol. The van der Waals surface area contributed by atoms with Gasteiger partial charge in [0.2, 0.25) is 0 Å². The zero-order valence-corrected chi connectivity index (χ0v) is 32.9. The summed E-state index contributed by atoms with van der Waals surface area (Å²) in [4.78, 5) is 4.50. The number of imidazole rings is 1. The number of aromatic nitrogens is 4. The first-order valence-corrected chi connectivity index (χ1v) is 17.9. The van der Waals surface area contributed by atoms with Gasteiger partial charge in [-0.2, -0.15) is 18.2 Å². The molecule has 10 rings (SSSR count). The van der Waals surface area contributed by atoms with Crippen molar-refractivity contribution >= 4 is 32.8 Å². The second kappa shape index (κ2) is 15.8. The van der Waals surface area contributed by atoms with Crippen molar-refractivity contribution < 1.29 is 55.0 Å². The Morgan fingerprint density at radius 2 is 1.41 bits per heavy atom. The van der Waals surface area contributed by atoms with Gasteiger partial charge < -0.3 is 13.9 Å². The molecule has 0 saturated heterocycles. The van der Waals surface area contributed by atoms with E-state index in [2.05, 4.69) is 23.4 Å². The van der Waals surface area contributed by atoms with Crippen molar-refractivity contribution in [1.82, 2.24) is 14.1 Å². The van der Waals surface area contributed by atoms with Crippen LogP contribution in [0.3, 0.4) is 0 Å². The van der Waals surface area contributed by atoms with E-state index in [9.17, 15) is 2.74 Å². The summed E-state index contributed by atoms with van der Waals surface area (Å²) >= 11 is 0. The monoisotopic (exact) mass is 947 g/mol. The number of hydrogen-bond donors (Lipinski definition) is 0. The van der Waals surface area contributed by atoms with Crippen LogP contribution in [0.15, 0.2) is 176 Å². The molecule has 0 aliphatic heterocycles. The molecule has 0 atom stereocenters. The number of nitrogens with zero attached hydrogens (tertiary/aromatic N) is 4. The van der Waals surface area contributed by atoms with E-state index < -0.39 is 109 Å². The van der Waals surface area contributed by atoms with E-state index in [0.29, 0.717) is 11.0 Å². The molecule has 10 aromatic rings. The molecule has 5 nitrogen and oxygen atoms in total. The molecule has 0 amide bonds. The summed E-state index contributed by atoms with van der Waals surface area (Å²) in [5.41, 5.74) is 0.983. The smallest absolute Gasteiger partial charge is 0.268 e. The molecule has 0 radical (unpaired) electrons. The Bertz CT molecular complexity index is 3960. The third kappa shape index (κ3) is 6.82. The van der Waals surface area contributed by atoms with Gasteiger partial charge in [0.1, 0.15) is 5.82 Å². The number of rotatable bonds is 9. The summed E-state index contributed by atoms with van der Waals surface area (Å²) in [6, 6.07) is 16.4. The summed E-state index contributed by atoms with van der Waals surface area (Å²) in [7, 11) is 0. The van der Waals surface area contributed by atoms with Crippen LogP contribution in [-0.2, 0) is 27.4 Å². The van der Waals surface area contributed by atoms with Gasteiger partial charge in [-0.05, 0) is 70.7 Å². The summed E-state index contributed by atoms with van der Waals surface area (Å²) in [6.45, 7) is 3.43. The molecule has 0 fully saturated rings. The molecule has 3 heterocycles. The topological polar surface area (TPSA) is 35.9 Å². The van der Waals surface area contributed by atoms with Gasteiger partial charge in [0, 0.05) is 48.4 Å². The fraction of sp³-hybridized carbons (Fsp3) is 0.0769. The fourth-order valence-electron chi connectivity index (χ4n) is 6.84. The number of ether oxygens (including phenoxy) is 1. The Kier molecular flexibility index (Phi) is 5.93. The predicted octanol–water partition coefficient (Wildman–Crippen LogP) is 12.1. The van der Waals surface area contributed by atoms with Crippen molar-refractivity contribution in [3.63, 3.8) is 0 Å². The minimum atomic E-state index is -1.84. The van der Waals surface area contributed by atoms with Crippen LogP contribution >= 0.6 is 0 Å². The summed E-state index contributed by atoms with van der Waals surface area (Å²) in [6.07, 6.45) is 2.82. The van der Waals surface area contributed by atoms with E-state index in [4.69, 9.17) is 26.7 Å². The minimum Gasteiger partial charge on any atom is -0.510 e. The third-order valence-electron chi connectivity index (χ3n) is 9.13. The molecule has 0 aliphatic rings. The van der Waals surface area contributed by atoms with Crippen molar-refractivity contribution in [3.05, 3.63) is 200 Å². The Morgan fingerprint density at radius 3 is 2.17 bits per heavy atom. The number of hydrogen-bond acceptors (Lipinski definition) is 2. The fourth-order valence-corrected chi connectivity index (χ4v) is 6.84. The Balaban J connectivity index is 0.00000706. The SMILES string of the molecule is [2H]c1c([2H])c([2H])c(-c2cccc(-c3c([2H])c([2H])c([2H])c([2H])c3[2H])c2-[n+]2[c-]n(-c3[c-]c(Oc4[c-]c5c(c([2H])c4[2H])c4c([2H])c([2H])c([2H])c([2H])c4n5-c4cc(C([2H])([2H])C(C)C)ccn4)ccc3)c3ccccc32)c([2H])c1[2H].[Pt]. The normalized spacial score (nSPS) is 16.0. The van der Waals surface area contributed by atoms with Crippen molar-refractivity contribution in [1.29, 1.82) is 0 Å². The maximum Gasteiger partial charge on any atom is 0.268 e. The van der Waals surface area contributed by atoms with Gasteiger partial charge in [0.05, 0.1) is 35.9 Å². The van der Waals surface area contributed by atoms with Crippen LogP contribution in [0.4, 0.5) is 0 Å². The largest absolute Gasteiger partial charge is 0.510 e. The molecule has 0 aliphatic carbocycles. The molecule has 6 heteroatoms. The van der Waals surface area contributed by atoms with Crippen LogP contribution in [0, 0.1) is 24.4 Å². The predicted molar refractivity (Wildman–Crippen MR) is 229 cm³/mol. The van der Waals surface area contributed by atoms with E-state index in [1.54, 1.807) is 54.8 Å². The van der Waals surface area contributed by atoms with Gasteiger partial charge in [-0.25, -0.2) is 4.98 Å². The second-order valence-corrected chi connectivity index (χ2v) is 13.2. The number of benzene rings is 7. The van der Waals surface area contributed by atoms with Gasteiger partial charge in [0.25, 0.3) is 6.33 Å². The first kappa shape index (κ1) is 21.8. The van der Waals surface area contributed by atoms with E-state index in [-0.39, 0.29) is 99.4 Å². The molecule has 0 N–H and O–H groups in total. The molecule has 0 bridgehead atoms.